The van der Waals surface area contributed by atoms with Crippen LogP contribution in [0.15, 0.2) is 41.3 Å². The van der Waals surface area contributed by atoms with Crippen LogP contribution >= 0.6 is 0 Å². The third-order valence-electron chi connectivity index (χ3n) is 5.71. The molecule has 2 aromatic rings. The first kappa shape index (κ1) is 19.0. The minimum absolute atomic E-state index is 0.0629. The topological polar surface area (TPSA) is 70.8 Å². The molecule has 4 rings (SSSR count). The molecule has 0 aliphatic carbocycles. The Labute approximate surface area is 165 Å². The van der Waals surface area contributed by atoms with Gasteiger partial charge in [0.1, 0.15) is 5.75 Å². The van der Waals surface area contributed by atoms with Gasteiger partial charge in [-0.3, -0.25) is 9.69 Å². The smallest absolute Gasteiger partial charge is 0.269 e. The molecular formula is C21H28N4O3. The van der Waals surface area contributed by atoms with E-state index >= 15 is 0 Å². The molecule has 2 fully saturated rings. The fourth-order valence-corrected chi connectivity index (χ4v) is 4.24. The second kappa shape index (κ2) is 8.32. The number of ether oxygens (including phenoxy) is 1. The van der Waals surface area contributed by atoms with E-state index in [1.54, 1.807) is 24.1 Å². The first-order valence-corrected chi connectivity index (χ1v) is 9.99. The number of anilines is 1. The largest absolute Gasteiger partial charge is 0.497 e. The van der Waals surface area contributed by atoms with Crippen LogP contribution in [0.3, 0.4) is 0 Å². The highest BCUT2D eigenvalue weighted by Crippen LogP contribution is 2.23. The third kappa shape index (κ3) is 4.20. The van der Waals surface area contributed by atoms with Crippen molar-refractivity contribution in [3.63, 3.8) is 0 Å². The van der Waals surface area contributed by atoms with E-state index in [9.17, 15) is 9.90 Å². The second-order valence-corrected chi connectivity index (χ2v) is 7.77. The maximum absolute atomic E-state index is 12.7. The van der Waals surface area contributed by atoms with Crippen LogP contribution in [0.4, 0.5) is 5.69 Å². The average molecular weight is 384 g/mol. The van der Waals surface area contributed by atoms with E-state index in [2.05, 4.69) is 22.1 Å². The first-order valence-electron chi connectivity index (χ1n) is 9.99. The van der Waals surface area contributed by atoms with Gasteiger partial charge in [-0.1, -0.05) is 12.1 Å². The van der Waals surface area contributed by atoms with Crippen molar-refractivity contribution in [2.45, 2.75) is 38.0 Å². The molecule has 0 spiro atoms. The Morgan fingerprint density at radius 3 is 2.86 bits per heavy atom. The van der Waals surface area contributed by atoms with E-state index in [1.807, 2.05) is 17.0 Å². The molecule has 0 saturated carbocycles. The minimum Gasteiger partial charge on any atom is -0.497 e. The van der Waals surface area contributed by atoms with Crippen molar-refractivity contribution in [2.24, 2.45) is 0 Å². The molecule has 0 radical (unpaired) electrons. The van der Waals surface area contributed by atoms with E-state index in [1.165, 1.54) is 5.56 Å². The number of rotatable bonds is 5. The van der Waals surface area contributed by atoms with Crippen molar-refractivity contribution in [1.29, 1.82) is 0 Å². The molecule has 1 aromatic carbocycles. The SMILES string of the molecule is COc1cccc(CN2CCCC(n3ncc(N4CC[C@H](O)C4)cc3=O)C2)c1. The number of hydrogen-bond acceptors (Lipinski definition) is 6. The van der Waals surface area contributed by atoms with Crippen molar-refractivity contribution in [2.75, 3.05) is 38.2 Å². The van der Waals surface area contributed by atoms with Crippen molar-refractivity contribution in [3.8, 4) is 5.75 Å². The molecule has 7 nitrogen and oxygen atoms in total. The van der Waals surface area contributed by atoms with E-state index in [4.69, 9.17) is 4.74 Å². The van der Waals surface area contributed by atoms with Crippen LogP contribution in [-0.2, 0) is 6.54 Å². The highest BCUT2D eigenvalue weighted by molar-refractivity contribution is 5.44. The number of methoxy groups -OCH3 is 1. The summed E-state index contributed by atoms with van der Waals surface area (Å²) in [5.41, 5.74) is 1.96. The van der Waals surface area contributed by atoms with Gasteiger partial charge in [0.05, 0.1) is 31.1 Å². The fourth-order valence-electron chi connectivity index (χ4n) is 4.24. The number of aromatic nitrogens is 2. The number of likely N-dealkylation sites (tertiary alicyclic amines) is 1. The van der Waals surface area contributed by atoms with Crippen molar-refractivity contribution < 1.29 is 9.84 Å². The van der Waals surface area contributed by atoms with Crippen molar-refractivity contribution >= 4 is 5.69 Å². The zero-order chi connectivity index (χ0) is 19.5. The minimum atomic E-state index is -0.314. The summed E-state index contributed by atoms with van der Waals surface area (Å²) in [7, 11) is 1.68. The van der Waals surface area contributed by atoms with Gasteiger partial charge < -0.3 is 14.7 Å². The molecular weight excluding hydrogens is 356 g/mol. The fraction of sp³-hybridized carbons (Fsp3) is 0.524. The molecule has 2 atom stereocenters. The summed E-state index contributed by atoms with van der Waals surface area (Å²) in [6.45, 7) is 4.01. The number of aliphatic hydroxyl groups is 1. The van der Waals surface area contributed by atoms with Gasteiger partial charge in [0.25, 0.3) is 5.56 Å². The highest BCUT2D eigenvalue weighted by Gasteiger charge is 2.25. The van der Waals surface area contributed by atoms with Gasteiger partial charge in [-0.05, 0) is 43.5 Å². The molecule has 7 heteroatoms. The van der Waals surface area contributed by atoms with Gasteiger partial charge in [0.15, 0.2) is 0 Å². The van der Waals surface area contributed by atoms with Crippen LogP contribution < -0.4 is 15.2 Å². The van der Waals surface area contributed by atoms with Gasteiger partial charge in [-0.2, -0.15) is 5.10 Å². The number of hydrogen-bond donors (Lipinski definition) is 1. The maximum atomic E-state index is 12.7. The summed E-state index contributed by atoms with van der Waals surface area (Å²) in [5.74, 6) is 0.867. The van der Waals surface area contributed by atoms with Gasteiger partial charge in [-0.25, -0.2) is 4.68 Å². The van der Waals surface area contributed by atoms with E-state index in [0.717, 1.165) is 56.9 Å². The summed E-state index contributed by atoms with van der Waals surface area (Å²) < 4.78 is 6.95. The molecule has 2 aliphatic rings. The average Bonchev–Trinajstić information content (AvgIpc) is 3.14. The van der Waals surface area contributed by atoms with Crippen LogP contribution in [0.1, 0.15) is 30.9 Å². The summed E-state index contributed by atoms with van der Waals surface area (Å²) >= 11 is 0. The molecule has 1 N–H and O–H groups in total. The molecule has 2 saturated heterocycles. The Bertz CT molecular complexity index is 869. The lowest BCUT2D eigenvalue weighted by Crippen LogP contribution is -2.40. The lowest BCUT2D eigenvalue weighted by Gasteiger charge is -2.33. The lowest BCUT2D eigenvalue weighted by molar-refractivity contribution is 0.160. The zero-order valence-electron chi connectivity index (χ0n) is 16.3. The molecule has 0 amide bonds. The van der Waals surface area contributed by atoms with E-state index in [-0.39, 0.29) is 17.7 Å². The number of benzene rings is 1. The van der Waals surface area contributed by atoms with Crippen LogP contribution in [-0.4, -0.2) is 59.2 Å². The molecule has 2 aliphatic heterocycles. The molecule has 28 heavy (non-hydrogen) atoms. The van der Waals surface area contributed by atoms with Crippen LogP contribution in [0.5, 0.6) is 5.75 Å². The van der Waals surface area contributed by atoms with Crippen molar-refractivity contribution in [1.82, 2.24) is 14.7 Å². The second-order valence-electron chi connectivity index (χ2n) is 7.77. The molecule has 1 unspecified atom stereocenters. The summed E-state index contributed by atoms with van der Waals surface area (Å²) in [5, 5.41) is 14.2. The maximum Gasteiger partial charge on any atom is 0.269 e. The molecule has 1 aromatic heterocycles. The molecule has 150 valence electrons. The van der Waals surface area contributed by atoms with Gasteiger partial charge in [0.2, 0.25) is 0 Å². The molecule has 0 bridgehead atoms. The zero-order valence-corrected chi connectivity index (χ0v) is 16.3. The molecule has 3 heterocycles. The van der Waals surface area contributed by atoms with E-state index < -0.39 is 0 Å². The number of nitrogens with zero attached hydrogens (tertiary/aromatic N) is 4. The number of β-amino-alcohol motifs (C(OH)–C–C–N with tert-alkyl or cyclic N) is 1. The van der Waals surface area contributed by atoms with E-state index in [0.29, 0.717) is 6.54 Å². The summed E-state index contributed by atoms with van der Waals surface area (Å²) in [6.07, 6.45) is 4.20. The Hall–Kier alpha value is -2.38. The standard InChI is InChI=1S/C21H28N4O3/c1-28-20-6-2-4-16(10-20)13-23-8-3-5-17(14-23)25-21(27)11-18(12-22-25)24-9-7-19(26)15-24/h2,4,6,10-12,17,19,26H,3,5,7-9,13-15H2,1H3/t17?,19-/m0/s1. The predicted molar refractivity (Wildman–Crippen MR) is 108 cm³/mol. The van der Waals surface area contributed by atoms with Crippen LogP contribution in [0.2, 0.25) is 0 Å². The van der Waals surface area contributed by atoms with Gasteiger partial charge in [-0.15, -0.1) is 0 Å². The van der Waals surface area contributed by atoms with Gasteiger partial charge >= 0.3 is 0 Å². The van der Waals surface area contributed by atoms with Gasteiger partial charge in [0, 0.05) is 32.2 Å². The third-order valence-corrected chi connectivity index (χ3v) is 5.71. The Morgan fingerprint density at radius 2 is 2.11 bits per heavy atom. The Balaban J connectivity index is 1.44. The highest BCUT2D eigenvalue weighted by atomic mass is 16.5. The summed E-state index contributed by atoms with van der Waals surface area (Å²) in [4.78, 5) is 17.1. The summed E-state index contributed by atoms with van der Waals surface area (Å²) in [6, 6.07) is 9.88. The monoisotopic (exact) mass is 384 g/mol. The quantitative estimate of drug-likeness (QED) is 0.846. The predicted octanol–water partition coefficient (Wildman–Crippen LogP) is 1.66. The Kier molecular flexibility index (Phi) is 5.64. The normalized spacial score (nSPS) is 23.1. The van der Waals surface area contributed by atoms with Crippen LogP contribution in [0, 0.1) is 0 Å². The Morgan fingerprint density at radius 1 is 1.21 bits per heavy atom. The number of piperidine rings is 1. The van der Waals surface area contributed by atoms with Crippen molar-refractivity contribution in [3.05, 3.63) is 52.4 Å². The number of aliphatic hydroxyl groups excluding tert-OH is 1. The lowest BCUT2D eigenvalue weighted by atomic mass is 10.0. The first-order chi connectivity index (χ1) is 13.6. The van der Waals surface area contributed by atoms with Crippen LogP contribution in [0.25, 0.3) is 0 Å².